The van der Waals surface area contributed by atoms with Crippen LogP contribution < -0.4 is 16.0 Å². The second kappa shape index (κ2) is 40.0. The maximum absolute atomic E-state index is 13.0. The average molecular weight is 874 g/mol. The zero-order valence-corrected chi connectivity index (χ0v) is 38.9. The monoisotopic (exact) mass is 874 g/mol. The fraction of sp³-hybridized carbons (Fsp3) is 0.958. The molecule has 61 heavy (non-hydrogen) atoms. The van der Waals surface area contributed by atoms with Crippen LogP contribution in [-0.4, -0.2) is 118 Å². The number of urea groups is 1. The smallest absolute Gasteiger partial charge is 0.314 e. The van der Waals surface area contributed by atoms with Crippen molar-refractivity contribution in [1.29, 1.82) is 0 Å². The molecule has 1 aliphatic rings. The van der Waals surface area contributed by atoms with Crippen LogP contribution in [0.15, 0.2) is 0 Å². The van der Waals surface area contributed by atoms with Crippen LogP contribution in [0.2, 0.25) is 0 Å². The Labute approximate surface area is 371 Å². The number of hydrogen-bond donors (Lipinski definition) is 9. The first-order valence-corrected chi connectivity index (χ1v) is 25.2. The van der Waals surface area contributed by atoms with Crippen LogP contribution in [0.4, 0.5) is 4.79 Å². The van der Waals surface area contributed by atoms with Gasteiger partial charge in [0.15, 0.2) is 6.29 Å². The standard InChI is InChI=1S/C48H95N3O10/c1-3-5-7-9-11-13-14-15-17-21-25-29-33-40(53)43(55)39(38-60-47-46(58)45(57)44(56)41(37-52)61-47)51-42(54)34-30-26-22-18-16-20-24-28-32-36-50-48(59)49-35-31-27-23-19-12-10-8-6-4-2/h39-41,43-47,52-53,55-58H,3-38H2,1-2H3,(H,51,54)(H2,49,50,59)/t39?,40?,41-,43?,44+,45+,46-,47+/m1/s1. The van der Waals surface area contributed by atoms with Crippen LogP contribution in [-0.2, 0) is 14.3 Å². The van der Waals surface area contributed by atoms with E-state index in [-0.39, 0.29) is 25.0 Å². The summed E-state index contributed by atoms with van der Waals surface area (Å²) in [6.45, 7) is 4.98. The largest absolute Gasteiger partial charge is 0.394 e. The normalized spacial score (nSPS) is 20.6. The Hall–Kier alpha value is -1.58. The van der Waals surface area contributed by atoms with Crippen LogP contribution in [0, 0.1) is 0 Å². The molecule has 13 heteroatoms. The fourth-order valence-corrected chi connectivity index (χ4v) is 8.09. The predicted octanol–water partition coefficient (Wildman–Crippen LogP) is 7.83. The van der Waals surface area contributed by atoms with E-state index in [0.717, 1.165) is 90.0 Å². The lowest BCUT2D eigenvalue weighted by molar-refractivity contribution is -0.303. The molecule has 1 fully saturated rings. The van der Waals surface area contributed by atoms with Gasteiger partial charge in [0.2, 0.25) is 5.91 Å². The van der Waals surface area contributed by atoms with Crippen LogP contribution in [0.25, 0.3) is 0 Å². The van der Waals surface area contributed by atoms with E-state index in [0.29, 0.717) is 19.4 Å². The van der Waals surface area contributed by atoms with Gasteiger partial charge in [-0.2, -0.15) is 0 Å². The van der Waals surface area contributed by atoms with E-state index in [2.05, 4.69) is 29.8 Å². The lowest BCUT2D eigenvalue weighted by Crippen LogP contribution is -2.60. The number of hydrogen-bond acceptors (Lipinski definition) is 10. The average Bonchev–Trinajstić information content (AvgIpc) is 3.25. The van der Waals surface area contributed by atoms with Crippen molar-refractivity contribution < 1.29 is 49.7 Å². The highest BCUT2D eigenvalue weighted by Gasteiger charge is 2.44. The van der Waals surface area contributed by atoms with E-state index in [1.54, 1.807) is 0 Å². The summed E-state index contributed by atoms with van der Waals surface area (Å²) < 4.78 is 11.1. The topological polar surface area (TPSA) is 210 Å². The third-order valence-electron chi connectivity index (χ3n) is 12.2. The Morgan fingerprint density at radius 1 is 0.557 bits per heavy atom. The zero-order chi connectivity index (χ0) is 44.8. The Balaban J connectivity index is 2.29. The third-order valence-corrected chi connectivity index (χ3v) is 12.2. The van der Waals surface area contributed by atoms with Gasteiger partial charge < -0.3 is 56.1 Å². The SMILES string of the molecule is CCCCCCCCCCCCCCC(O)C(O)C(CO[C@H]1O[C@H](CO)[C@H](O)[C@H](O)[C@H]1O)NC(=O)CCCCCCCCCCCNC(=O)NCCCCCCCCCCC. The molecule has 0 saturated carbocycles. The van der Waals surface area contributed by atoms with Gasteiger partial charge in [-0.15, -0.1) is 0 Å². The van der Waals surface area contributed by atoms with Crippen molar-refractivity contribution in [2.45, 2.75) is 268 Å². The van der Waals surface area contributed by atoms with Crippen molar-refractivity contribution in [2.75, 3.05) is 26.3 Å². The molecule has 3 unspecified atom stereocenters. The molecule has 0 aromatic rings. The molecular formula is C48H95N3O10. The van der Waals surface area contributed by atoms with Crippen LogP contribution in [0.5, 0.6) is 0 Å². The maximum atomic E-state index is 13.0. The Morgan fingerprint density at radius 3 is 1.41 bits per heavy atom. The first kappa shape index (κ1) is 57.4. The Bertz CT molecular complexity index is 1010. The highest BCUT2D eigenvalue weighted by molar-refractivity contribution is 5.76. The zero-order valence-electron chi connectivity index (χ0n) is 38.9. The number of amides is 3. The van der Waals surface area contributed by atoms with Gasteiger partial charge >= 0.3 is 6.03 Å². The maximum Gasteiger partial charge on any atom is 0.314 e. The summed E-state index contributed by atoms with van der Waals surface area (Å²) in [7, 11) is 0. The van der Waals surface area contributed by atoms with Gasteiger partial charge in [0.05, 0.1) is 25.4 Å². The van der Waals surface area contributed by atoms with Crippen molar-refractivity contribution in [3.05, 3.63) is 0 Å². The highest BCUT2D eigenvalue weighted by Crippen LogP contribution is 2.23. The molecule has 0 aromatic heterocycles. The lowest BCUT2D eigenvalue weighted by atomic mass is 9.98. The molecule has 0 spiro atoms. The molecule has 13 nitrogen and oxygen atoms in total. The molecule has 362 valence electrons. The molecule has 9 N–H and O–H groups in total. The fourth-order valence-electron chi connectivity index (χ4n) is 8.09. The summed E-state index contributed by atoms with van der Waals surface area (Å²) in [5.74, 6) is -0.287. The molecule has 0 aromatic carbocycles. The molecule has 1 heterocycles. The second-order valence-corrected chi connectivity index (χ2v) is 17.9. The third kappa shape index (κ3) is 30.2. The number of ether oxygens (including phenoxy) is 2. The quantitative estimate of drug-likeness (QED) is 0.0272. The lowest BCUT2D eigenvalue weighted by Gasteiger charge is -2.40. The second-order valence-electron chi connectivity index (χ2n) is 17.9. The number of rotatable bonds is 42. The highest BCUT2D eigenvalue weighted by atomic mass is 16.7. The molecule has 1 rings (SSSR count). The molecular weight excluding hydrogens is 779 g/mol. The Kier molecular flexibility index (Phi) is 37.6. The van der Waals surface area contributed by atoms with E-state index in [1.807, 2.05) is 0 Å². The van der Waals surface area contributed by atoms with E-state index >= 15 is 0 Å². The summed E-state index contributed by atoms with van der Waals surface area (Å²) >= 11 is 0. The predicted molar refractivity (Wildman–Crippen MR) is 244 cm³/mol. The molecule has 1 saturated heterocycles. The summed E-state index contributed by atoms with van der Waals surface area (Å²) in [5.41, 5.74) is 0. The first-order chi connectivity index (χ1) is 29.7. The van der Waals surface area contributed by atoms with Gasteiger partial charge in [-0.3, -0.25) is 4.79 Å². The number of carbonyl (C=O) groups is 2. The molecule has 0 bridgehead atoms. The van der Waals surface area contributed by atoms with E-state index in [1.165, 1.54) is 103 Å². The van der Waals surface area contributed by atoms with Gasteiger partial charge in [-0.1, -0.05) is 187 Å². The van der Waals surface area contributed by atoms with E-state index in [9.17, 15) is 40.2 Å². The number of nitrogens with one attached hydrogen (secondary N) is 3. The van der Waals surface area contributed by atoms with Gasteiger partial charge in [0.25, 0.3) is 0 Å². The van der Waals surface area contributed by atoms with E-state index < -0.39 is 55.6 Å². The van der Waals surface area contributed by atoms with Crippen molar-refractivity contribution in [3.8, 4) is 0 Å². The van der Waals surface area contributed by atoms with Gasteiger partial charge in [-0.05, 0) is 25.7 Å². The minimum atomic E-state index is -1.62. The summed E-state index contributed by atoms with van der Waals surface area (Å²) in [4.78, 5) is 25.0. The van der Waals surface area contributed by atoms with Gasteiger partial charge in [-0.25, -0.2) is 4.79 Å². The molecule has 3 amide bonds. The van der Waals surface area contributed by atoms with E-state index in [4.69, 9.17) is 9.47 Å². The summed E-state index contributed by atoms with van der Waals surface area (Å²) in [5, 5.41) is 71.1. The number of carbonyl (C=O) groups excluding carboxylic acids is 2. The number of unbranched alkanes of at least 4 members (excludes halogenated alkanes) is 27. The van der Waals surface area contributed by atoms with Crippen molar-refractivity contribution >= 4 is 11.9 Å². The minimum Gasteiger partial charge on any atom is -0.394 e. The molecule has 0 radical (unpaired) electrons. The van der Waals surface area contributed by atoms with Gasteiger partial charge in [0, 0.05) is 19.5 Å². The van der Waals surface area contributed by atoms with Gasteiger partial charge in [0.1, 0.15) is 30.5 Å². The van der Waals surface area contributed by atoms with Crippen molar-refractivity contribution in [2.24, 2.45) is 0 Å². The molecule has 0 aliphatic carbocycles. The van der Waals surface area contributed by atoms with Crippen molar-refractivity contribution in [3.63, 3.8) is 0 Å². The van der Waals surface area contributed by atoms with Crippen LogP contribution in [0.1, 0.15) is 219 Å². The van der Waals surface area contributed by atoms with Crippen LogP contribution in [0.3, 0.4) is 0 Å². The number of aliphatic hydroxyl groups is 6. The Morgan fingerprint density at radius 2 is 0.967 bits per heavy atom. The first-order valence-electron chi connectivity index (χ1n) is 25.2. The minimum absolute atomic E-state index is 0.0658. The molecule has 8 atom stereocenters. The van der Waals surface area contributed by atoms with Crippen LogP contribution >= 0.6 is 0 Å². The summed E-state index contributed by atoms with van der Waals surface area (Å²) in [6.07, 6.45) is 25.6. The van der Waals surface area contributed by atoms with Crippen molar-refractivity contribution in [1.82, 2.24) is 16.0 Å². The summed E-state index contributed by atoms with van der Waals surface area (Å²) in [6, 6.07) is -1.08. The molecule has 1 aliphatic heterocycles. The number of aliphatic hydroxyl groups excluding tert-OH is 6.